The van der Waals surface area contributed by atoms with Crippen LogP contribution in [-0.4, -0.2) is 32.4 Å². The van der Waals surface area contributed by atoms with Crippen LogP contribution in [0.3, 0.4) is 0 Å². The van der Waals surface area contributed by atoms with Crippen LogP contribution in [0.4, 0.5) is 0 Å². The van der Waals surface area contributed by atoms with Crippen molar-refractivity contribution in [1.29, 1.82) is 0 Å². The summed E-state index contributed by atoms with van der Waals surface area (Å²) >= 11 is 3.29. The van der Waals surface area contributed by atoms with E-state index >= 15 is 0 Å². The van der Waals surface area contributed by atoms with Crippen LogP contribution in [-0.2, 0) is 9.84 Å². The Morgan fingerprint density at radius 1 is 1.44 bits per heavy atom. The summed E-state index contributed by atoms with van der Waals surface area (Å²) in [4.78, 5) is 11.9. The molecule has 1 aromatic rings. The second kappa shape index (κ2) is 6.33. The van der Waals surface area contributed by atoms with E-state index in [1.165, 1.54) is 6.26 Å². The Hall–Kier alpha value is -0.880. The Kier molecular flexibility index (Phi) is 5.34. The molecule has 100 valence electrons. The van der Waals surface area contributed by atoms with Gasteiger partial charge in [-0.2, -0.15) is 0 Å². The second-order valence-electron chi connectivity index (χ2n) is 4.30. The number of amides is 1. The Balaban J connectivity index is 2.55. The molecule has 1 rings (SSSR count). The number of halogens is 1. The molecule has 6 heteroatoms. The van der Waals surface area contributed by atoms with E-state index in [0.717, 1.165) is 4.47 Å². The highest BCUT2D eigenvalue weighted by atomic mass is 79.9. The van der Waals surface area contributed by atoms with Gasteiger partial charge in [-0.15, -0.1) is 0 Å². The van der Waals surface area contributed by atoms with Gasteiger partial charge in [-0.25, -0.2) is 8.42 Å². The van der Waals surface area contributed by atoms with Crippen molar-refractivity contribution in [3.05, 3.63) is 34.3 Å². The van der Waals surface area contributed by atoms with Gasteiger partial charge >= 0.3 is 0 Å². The monoisotopic (exact) mass is 333 g/mol. The number of carbonyl (C=O) groups excluding carboxylic acids is 1. The van der Waals surface area contributed by atoms with Crippen molar-refractivity contribution in [3.8, 4) is 0 Å². The van der Waals surface area contributed by atoms with Gasteiger partial charge in [0, 0.05) is 22.3 Å². The van der Waals surface area contributed by atoms with Crippen molar-refractivity contribution in [2.45, 2.75) is 19.4 Å². The lowest BCUT2D eigenvalue weighted by Crippen LogP contribution is -2.33. The summed E-state index contributed by atoms with van der Waals surface area (Å²) in [6.45, 7) is 1.79. The normalized spacial score (nSPS) is 13.1. The molecule has 0 unspecified atom stereocenters. The van der Waals surface area contributed by atoms with Crippen molar-refractivity contribution in [2.24, 2.45) is 0 Å². The van der Waals surface area contributed by atoms with E-state index in [0.29, 0.717) is 12.0 Å². The van der Waals surface area contributed by atoms with Crippen LogP contribution in [0.1, 0.15) is 23.7 Å². The fraction of sp³-hybridized carbons (Fsp3) is 0.417. The van der Waals surface area contributed by atoms with Gasteiger partial charge < -0.3 is 5.32 Å². The Labute approximate surface area is 116 Å². The first-order chi connectivity index (χ1) is 8.28. The molecule has 1 amide bonds. The van der Waals surface area contributed by atoms with Crippen LogP contribution in [0.2, 0.25) is 0 Å². The number of nitrogens with one attached hydrogen (secondary N) is 1. The maximum absolute atomic E-state index is 11.9. The van der Waals surface area contributed by atoms with Crippen LogP contribution in [0.5, 0.6) is 0 Å². The van der Waals surface area contributed by atoms with Crippen molar-refractivity contribution in [2.75, 3.05) is 12.0 Å². The summed E-state index contributed by atoms with van der Waals surface area (Å²) in [6.07, 6.45) is 1.61. The summed E-state index contributed by atoms with van der Waals surface area (Å²) in [5, 5.41) is 2.77. The third-order valence-electron chi connectivity index (χ3n) is 2.39. The van der Waals surface area contributed by atoms with E-state index in [-0.39, 0.29) is 17.7 Å². The van der Waals surface area contributed by atoms with Gasteiger partial charge in [0.05, 0.1) is 5.75 Å². The van der Waals surface area contributed by atoms with E-state index in [4.69, 9.17) is 0 Å². The molecule has 0 aliphatic carbocycles. The predicted octanol–water partition coefficient (Wildman–Crippen LogP) is 2.00. The van der Waals surface area contributed by atoms with Crippen molar-refractivity contribution in [3.63, 3.8) is 0 Å². The molecular weight excluding hydrogens is 318 g/mol. The fourth-order valence-corrected chi connectivity index (χ4v) is 2.58. The zero-order valence-electron chi connectivity index (χ0n) is 10.3. The maximum atomic E-state index is 11.9. The molecular formula is C12H16BrNO3S. The van der Waals surface area contributed by atoms with Crippen LogP contribution < -0.4 is 5.32 Å². The van der Waals surface area contributed by atoms with Crippen LogP contribution >= 0.6 is 15.9 Å². The topological polar surface area (TPSA) is 63.2 Å². The predicted molar refractivity (Wildman–Crippen MR) is 75.4 cm³/mol. The van der Waals surface area contributed by atoms with E-state index in [9.17, 15) is 13.2 Å². The highest BCUT2D eigenvalue weighted by molar-refractivity contribution is 9.10. The molecule has 0 aliphatic heterocycles. The zero-order chi connectivity index (χ0) is 13.8. The third-order valence-corrected chi connectivity index (χ3v) is 3.86. The Morgan fingerprint density at radius 2 is 2.11 bits per heavy atom. The van der Waals surface area contributed by atoms with E-state index < -0.39 is 9.84 Å². The molecule has 0 spiro atoms. The fourth-order valence-electron chi connectivity index (χ4n) is 1.40. The summed E-state index contributed by atoms with van der Waals surface area (Å²) in [5.74, 6) is -0.121. The first kappa shape index (κ1) is 15.2. The minimum Gasteiger partial charge on any atom is -0.350 e. The smallest absolute Gasteiger partial charge is 0.251 e. The SMILES string of the molecule is C[C@@H](CCS(C)(=O)=O)NC(=O)c1cccc(Br)c1. The summed E-state index contributed by atoms with van der Waals surface area (Å²) < 4.78 is 22.9. The number of rotatable bonds is 5. The van der Waals surface area contributed by atoms with Gasteiger partial charge in [0.15, 0.2) is 0 Å². The number of carbonyl (C=O) groups is 1. The molecule has 1 N–H and O–H groups in total. The lowest BCUT2D eigenvalue weighted by Gasteiger charge is -2.13. The molecule has 0 heterocycles. The molecule has 0 aliphatic rings. The molecule has 0 saturated carbocycles. The maximum Gasteiger partial charge on any atom is 0.251 e. The molecule has 18 heavy (non-hydrogen) atoms. The van der Waals surface area contributed by atoms with Crippen molar-refractivity contribution >= 4 is 31.7 Å². The molecule has 0 bridgehead atoms. The molecule has 0 fully saturated rings. The van der Waals surface area contributed by atoms with Gasteiger partial charge in [-0.1, -0.05) is 22.0 Å². The van der Waals surface area contributed by atoms with Crippen molar-refractivity contribution < 1.29 is 13.2 Å². The molecule has 4 nitrogen and oxygen atoms in total. The van der Waals surface area contributed by atoms with Gasteiger partial charge in [0.1, 0.15) is 9.84 Å². The average Bonchev–Trinajstić information content (AvgIpc) is 2.25. The molecule has 1 aromatic carbocycles. The summed E-state index contributed by atoms with van der Waals surface area (Å²) in [5.41, 5.74) is 0.551. The minimum atomic E-state index is -2.99. The van der Waals surface area contributed by atoms with Crippen LogP contribution in [0.25, 0.3) is 0 Å². The largest absolute Gasteiger partial charge is 0.350 e. The highest BCUT2D eigenvalue weighted by Crippen LogP contribution is 2.11. The first-order valence-corrected chi connectivity index (χ1v) is 8.37. The molecule has 0 aromatic heterocycles. The molecule has 0 saturated heterocycles. The van der Waals surface area contributed by atoms with Crippen molar-refractivity contribution in [1.82, 2.24) is 5.32 Å². The standard InChI is InChI=1S/C12H16BrNO3S/c1-9(6-7-18(2,16)17)14-12(15)10-4-3-5-11(13)8-10/h3-5,8-9H,6-7H2,1-2H3,(H,14,15)/t9-/m0/s1. The molecule has 1 atom stereocenters. The quantitative estimate of drug-likeness (QED) is 0.896. The average molecular weight is 334 g/mol. The number of hydrogen-bond donors (Lipinski definition) is 1. The van der Waals surface area contributed by atoms with E-state index in [1.807, 2.05) is 6.07 Å². The number of benzene rings is 1. The first-order valence-electron chi connectivity index (χ1n) is 5.52. The van der Waals surface area contributed by atoms with Gasteiger partial charge in [0.25, 0.3) is 5.91 Å². The summed E-state index contributed by atoms with van der Waals surface area (Å²) in [7, 11) is -2.99. The lowest BCUT2D eigenvalue weighted by molar-refractivity contribution is 0.0939. The number of hydrogen-bond acceptors (Lipinski definition) is 3. The molecule has 0 radical (unpaired) electrons. The highest BCUT2D eigenvalue weighted by Gasteiger charge is 2.12. The Morgan fingerprint density at radius 3 is 2.67 bits per heavy atom. The number of sulfone groups is 1. The minimum absolute atomic E-state index is 0.0763. The summed E-state index contributed by atoms with van der Waals surface area (Å²) in [6, 6.07) is 6.87. The third kappa shape index (κ3) is 5.64. The zero-order valence-corrected chi connectivity index (χ0v) is 12.7. The van der Waals surface area contributed by atoms with Crippen LogP contribution in [0.15, 0.2) is 28.7 Å². The van der Waals surface area contributed by atoms with Gasteiger partial charge in [-0.3, -0.25) is 4.79 Å². The van der Waals surface area contributed by atoms with E-state index in [2.05, 4.69) is 21.2 Å². The van der Waals surface area contributed by atoms with Crippen LogP contribution in [0, 0.1) is 0 Å². The lowest BCUT2D eigenvalue weighted by atomic mass is 10.2. The second-order valence-corrected chi connectivity index (χ2v) is 7.48. The Bertz CT molecular complexity index is 528. The van der Waals surface area contributed by atoms with Gasteiger partial charge in [-0.05, 0) is 31.5 Å². The van der Waals surface area contributed by atoms with Gasteiger partial charge in [0.2, 0.25) is 0 Å². The van der Waals surface area contributed by atoms with E-state index in [1.54, 1.807) is 25.1 Å².